The van der Waals surface area contributed by atoms with Crippen molar-refractivity contribution in [1.82, 2.24) is 4.90 Å². The molecule has 2 heterocycles. The molecule has 2 unspecified atom stereocenters. The monoisotopic (exact) mass is 400 g/mol. The molecule has 0 aromatic heterocycles. The Morgan fingerprint density at radius 1 is 1.07 bits per heavy atom. The molecular formula is C23H32N2O4. The predicted octanol–water partition coefficient (Wildman–Crippen LogP) is 0.971. The van der Waals surface area contributed by atoms with E-state index in [9.17, 15) is 20.4 Å². The van der Waals surface area contributed by atoms with Gasteiger partial charge in [-0.3, -0.25) is 9.89 Å². The van der Waals surface area contributed by atoms with E-state index in [1.165, 1.54) is 28.8 Å². The number of aliphatic hydroxyl groups excluding tert-OH is 1. The van der Waals surface area contributed by atoms with E-state index < -0.39 is 17.5 Å². The van der Waals surface area contributed by atoms with Crippen molar-refractivity contribution in [3.8, 4) is 0 Å². The molecule has 1 aromatic carbocycles. The summed E-state index contributed by atoms with van der Waals surface area (Å²) in [5.74, 6) is -1.01. The number of hydrogen-bond acceptors (Lipinski definition) is 6. The number of dihydropyridines is 1. The Morgan fingerprint density at radius 3 is 2.24 bits per heavy atom. The first-order valence-electron chi connectivity index (χ1n) is 10.5. The smallest absolute Gasteiger partial charge is 0.203 e. The van der Waals surface area contributed by atoms with Crippen LogP contribution in [0, 0.1) is 25.7 Å². The molecule has 158 valence electrons. The maximum absolute atomic E-state index is 11.2. The van der Waals surface area contributed by atoms with Crippen molar-refractivity contribution >= 4 is 5.71 Å². The zero-order chi connectivity index (χ0) is 20.8. The number of aryl methyl sites for hydroxylation is 2. The van der Waals surface area contributed by atoms with Crippen LogP contribution in [0.2, 0.25) is 0 Å². The third-order valence-corrected chi connectivity index (χ3v) is 6.54. The van der Waals surface area contributed by atoms with Crippen molar-refractivity contribution in [1.29, 1.82) is 0 Å². The maximum atomic E-state index is 11.2. The van der Waals surface area contributed by atoms with Crippen LogP contribution in [-0.2, 0) is 6.42 Å². The number of hydrogen-bond donors (Lipinski definition) is 4. The van der Waals surface area contributed by atoms with Gasteiger partial charge in [-0.2, -0.15) is 0 Å². The summed E-state index contributed by atoms with van der Waals surface area (Å²) in [5.41, 5.74) is 3.54. The normalized spacial score (nSPS) is 32.3. The zero-order valence-electron chi connectivity index (χ0n) is 17.3. The highest BCUT2D eigenvalue weighted by Crippen LogP contribution is 2.45. The van der Waals surface area contributed by atoms with Crippen LogP contribution in [0.15, 0.2) is 35.3 Å². The first-order valence-corrected chi connectivity index (χ1v) is 10.5. The average Bonchev–Trinajstić information content (AvgIpc) is 3.07. The third-order valence-electron chi connectivity index (χ3n) is 6.54. The van der Waals surface area contributed by atoms with Crippen LogP contribution in [0.1, 0.15) is 29.5 Å². The van der Waals surface area contributed by atoms with Crippen LogP contribution >= 0.6 is 0 Å². The van der Waals surface area contributed by atoms with Crippen LogP contribution in [0.3, 0.4) is 0 Å². The number of benzene rings is 1. The van der Waals surface area contributed by atoms with E-state index in [4.69, 9.17) is 0 Å². The van der Waals surface area contributed by atoms with Gasteiger partial charge in [0, 0.05) is 26.1 Å². The summed E-state index contributed by atoms with van der Waals surface area (Å²) in [6.45, 7) is 6.28. The molecule has 4 rings (SSSR count). The molecule has 0 radical (unpaired) electrons. The number of aliphatic imine (C=N–C) groups is 1. The molecule has 6 heteroatoms. The summed E-state index contributed by atoms with van der Waals surface area (Å²) in [4.78, 5) is 6.34. The van der Waals surface area contributed by atoms with Gasteiger partial charge in [-0.25, -0.2) is 0 Å². The molecule has 3 aliphatic rings. The van der Waals surface area contributed by atoms with Crippen molar-refractivity contribution in [2.24, 2.45) is 16.8 Å². The third kappa shape index (κ3) is 4.78. The molecule has 0 amide bonds. The highest BCUT2D eigenvalue weighted by atomic mass is 16.5. The lowest BCUT2D eigenvalue weighted by Gasteiger charge is -2.28. The Labute approximate surface area is 172 Å². The van der Waals surface area contributed by atoms with Crippen molar-refractivity contribution in [3.63, 3.8) is 0 Å². The fourth-order valence-electron chi connectivity index (χ4n) is 5.49. The minimum Gasteiger partial charge on any atom is -0.390 e. The second kappa shape index (κ2) is 7.60. The quantitative estimate of drug-likeness (QED) is 0.553. The predicted molar refractivity (Wildman–Crippen MR) is 112 cm³/mol. The van der Waals surface area contributed by atoms with Crippen LogP contribution in [0.5, 0.6) is 0 Å². The van der Waals surface area contributed by atoms with E-state index in [0.29, 0.717) is 30.5 Å². The summed E-state index contributed by atoms with van der Waals surface area (Å²) in [6.07, 6.45) is 4.33. The lowest BCUT2D eigenvalue weighted by Crippen LogP contribution is -2.40. The molecule has 6 nitrogen and oxygen atoms in total. The Kier molecular flexibility index (Phi) is 5.42. The van der Waals surface area contributed by atoms with Gasteiger partial charge in [-0.05, 0) is 56.2 Å². The highest BCUT2D eigenvalue weighted by Gasteiger charge is 2.48. The van der Waals surface area contributed by atoms with Crippen LogP contribution < -0.4 is 0 Å². The highest BCUT2D eigenvalue weighted by molar-refractivity contribution is 5.99. The Hall–Kier alpha value is -1.57. The lowest BCUT2D eigenvalue weighted by atomic mass is 9.90. The molecule has 2 fully saturated rings. The van der Waals surface area contributed by atoms with Gasteiger partial charge in [0.2, 0.25) is 5.79 Å². The molecule has 29 heavy (non-hydrogen) atoms. The minimum atomic E-state index is -1.91. The molecule has 4 N–H and O–H groups in total. The standard InChI is InChI=1S/C23H32N2O4/c1-15-5-16(2)7-17(6-15)8-22(27)9-18-11-25(12-19(18)10-22)13-21(26)20-3-4-23(28,29)14-24-20/h3-7,18-19,21,26-29H,8-14H2,1-2H3/t18-,19+,21?,22?. The second-order valence-electron chi connectivity index (χ2n) is 9.51. The van der Waals surface area contributed by atoms with Gasteiger partial charge in [0.15, 0.2) is 0 Å². The average molecular weight is 401 g/mol. The Morgan fingerprint density at radius 2 is 1.69 bits per heavy atom. The summed E-state index contributed by atoms with van der Waals surface area (Å²) < 4.78 is 0. The summed E-state index contributed by atoms with van der Waals surface area (Å²) in [6, 6.07) is 6.51. The maximum Gasteiger partial charge on any atom is 0.203 e. The minimum absolute atomic E-state index is 0.146. The molecule has 4 atom stereocenters. The molecule has 0 bridgehead atoms. The summed E-state index contributed by atoms with van der Waals surface area (Å²) >= 11 is 0. The topological polar surface area (TPSA) is 96.5 Å². The van der Waals surface area contributed by atoms with Crippen molar-refractivity contribution in [3.05, 3.63) is 47.0 Å². The molecule has 1 aromatic rings. The van der Waals surface area contributed by atoms with Gasteiger partial charge in [0.25, 0.3) is 0 Å². The fraction of sp³-hybridized carbons (Fsp3) is 0.609. The summed E-state index contributed by atoms with van der Waals surface area (Å²) in [7, 11) is 0. The number of β-amino-alcohol motifs (C(OH)–C–C–N with tert-alkyl or cyclic N) is 1. The van der Waals surface area contributed by atoms with E-state index in [1.807, 2.05) is 0 Å². The van der Waals surface area contributed by atoms with Gasteiger partial charge in [0.05, 0.1) is 17.9 Å². The van der Waals surface area contributed by atoms with Gasteiger partial charge >= 0.3 is 0 Å². The van der Waals surface area contributed by atoms with Crippen LogP contribution in [0.4, 0.5) is 0 Å². The molecule has 0 spiro atoms. The number of nitrogens with zero attached hydrogens (tertiary/aromatic N) is 2. The van der Waals surface area contributed by atoms with Crippen molar-refractivity contribution in [2.45, 2.75) is 50.6 Å². The van der Waals surface area contributed by atoms with Gasteiger partial charge < -0.3 is 20.4 Å². The molecule has 1 saturated carbocycles. The van der Waals surface area contributed by atoms with E-state index >= 15 is 0 Å². The zero-order valence-corrected chi connectivity index (χ0v) is 17.3. The van der Waals surface area contributed by atoms with Crippen molar-refractivity contribution < 1.29 is 20.4 Å². The van der Waals surface area contributed by atoms with E-state index in [1.54, 1.807) is 0 Å². The Bertz CT molecular complexity index is 798. The van der Waals surface area contributed by atoms with E-state index in [0.717, 1.165) is 25.9 Å². The molecule has 1 aliphatic carbocycles. The number of rotatable bonds is 5. The number of aliphatic hydroxyl groups is 4. The van der Waals surface area contributed by atoms with E-state index in [2.05, 4.69) is 41.9 Å². The first-order chi connectivity index (χ1) is 13.6. The fourth-order valence-corrected chi connectivity index (χ4v) is 5.49. The first kappa shape index (κ1) is 20.7. The number of fused-ring (bicyclic) bond motifs is 1. The Balaban J connectivity index is 1.32. The summed E-state index contributed by atoms with van der Waals surface area (Å²) in [5, 5.41) is 40.7. The SMILES string of the molecule is Cc1cc(C)cc(CC2(O)C[C@H]3CN(CC(O)C4=NCC(O)(O)C=C4)C[C@H]3C2)c1. The van der Waals surface area contributed by atoms with Crippen molar-refractivity contribution in [2.75, 3.05) is 26.2 Å². The van der Waals surface area contributed by atoms with Crippen LogP contribution in [-0.4, -0.2) is 74.7 Å². The number of likely N-dealkylation sites (tertiary alicyclic amines) is 1. The largest absolute Gasteiger partial charge is 0.390 e. The second-order valence-corrected chi connectivity index (χ2v) is 9.51. The molecule has 2 aliphatic heterocycles. The van der Waals surface area contributed by atoms with Gasteiger partial charge in [-0.15, -0.1) is 0 Å². The van der Waals surface area contributed by atoms with Crippen LogP contribution in [0.25, 0.3) is 0 Å². The van der Waals surface area contributed by atoms with E-state index in [-0.39, 0.29) is 6.54 Å². The lowest BCUT2D eigenvalue weighted by molar-refractivity contribution is -0.109. The van der Waals surface area contributed by atoms with Gasteiger partial charge in [-0.1, -0.05) is 29.3 Å². The van der Waals surface area contributed by atoms with Gasteiger partial charge in [0.1, 0.15) is 6.10 Å². The molecule has 1 saturated heterocycles. The molecular weight excluding hydrogens is 368 g/mol.